The molecule has 3 nitrogen and oxygen atoms in total. The Morgan fingerprint density at radius 2 is 2.00 bits per heavy atom. The number of nitrogens with one attached hydrogen (secondary N) is 1. The number of aliphatic imine (C=N–C) groups is 1. The van der Waals surface area contributed by atoms with E-state index in [-0.39, 0.29) is 5.92 Å². The van der Waals surface area contributed by atoms with Crippen LogP contribution in [0.5, 0.6) is 0 Å². The summed E-state index contributed by atoms with van der Waals surface area (Å²) in [5.74, 6) is 0.406. The molecule has 0 bridgehead atoms. The summed E-state index contributed by atoms with van der Waals surface area (Å²) in [7, 11) is 1.72. The first-order valence-electron chi connectivity index (χ1n) is 5.06. The quantitative estimate of drug-likeness (QED) is 0.751. The van der Waals surface area contributed by atoms with Crippen LogP contribution >= 0.6 is 0 Å². The Kier molecular flexibility index (Phi) is 4.16. The van der Waals surface area contributed by atoms with E-state index in [1.807, 2.05) is 6.20 Å². The number of nitrogens with zero attached hydrogens (tertiary/aromatic N) is 2. The standard InChI is InChI=1S/C12H17N3/c1-9(2)10-4-11(8-15-7-10)12(5-13)6-14-3/h4-9,12-13H,1-3H3. The third-order valence-electron chi connectivity index (χ3n) is 2.32. The summed E-state index contributed by atoms with van der Waals surface area (Å²) in [4.78, 5) is 8.15. The molecule has 0 fully saturated rings. The first-order chi connectivity index (χ1) is 7.19. The van der Waals surface area contributed by atoms with Gasteiger partial charge in [-0.3, -0.25) is 9.98 Å². The Balaban J connectivity index is 3.02. The summed E-state index contributed by atoms with van der Waals surface area (Å²) in [5.41, 5.74) is 2.23. The second kappa shape index (κ2) is 5.39. The largest absolute Gasteiger partial charge is 0.312 e. The van der Waals surface area contributed by atoms with Gasteiger partial charge < -0.3 is 5.41 Å². The van der Waals surface area contributed by atoms with E-state index < -0.39 is 0 Å². The van der Waals surface area contributed by atoms with E-state index in [0.29, 0.717) is 5.92 Å². The summed E-state index contributed by atoms with van der Waals surface area (Å²) in [6, 6.07) is 2.09. The van der Waals surface area contributed by atoms with Crippen molar-refractivity contribution < 1.29 is 0 Å². The van der Waals surface area contributed by atoms with E-state index in [9.17, 15) is 0 Å². The molecular weight excluding hydrogens is 186 g/mol. The summed E-state index contributed by atoms with van der Waals surface area (Å²) in [5, 5.41) is 7.33. The number of hydrogen-bond donors (Lipinski definition) is 1. The van der Waals surface area contributed by atoms with E-state index in [0.717, 1.165) is 5.56 Å². The van der Waals surface area contributed by atoms with Crippen molar-refractivity contribution in [2.24, 2.45) is 4.99 Å². The van der Waals surface area contributed by atoms with Gasteiger partial charge in [-0.1, -0.05) is 19.9 Å². The van der Waals surface area contributed by atoms with E-state index >= 15 is 0 Å². The van der Waals surface area contributed by atoms with Crippen LogP contribution in [0.25, 0.3) is 0 Å². The van der Waals surface area contributed by atoms with Gasteiger partial charge in [-0.25, -0.2) is 0 Å². The molecule has 0 aromatic carbocycles. The lowest BCUT2D eigenvalue weighted by atomic mass is 9.98. The fourth-order valence-electron chi connectivity index (χ4n) is 1.36. The third kappa shape index (κ3) is 2.98. The monoisotopic (exact) mass is 203 g/mol. The van der Waals surface area contributed by atoms with Crippen LogP contribution in [0.1, 0.15) is 36.8 Å². The SMILES string of the molecule is CN=CC(C=N)c1cncc(C(C)C)c1. The van der Waals surface area contributed by atoms with E-state index in [1.165, 1.54) is 11.8 Å². The van der Waals surface area contributed by atoms with Gasteiger partial charge in [-0.15, -0.1) is 0 Å². The molecule has 1 aromatic heterocycles. The van der Waals surface area contributed by atoms with E-state index in [4.69, 9.17) is 5.41 Å². The molecule has 3 heteroatoms. The van der Waals surface area contributed by atoms with Crippen LogP contribution in [0, 0.1) is 5.41 Å². The maximum atomic E-state index is 7.33. The maximum Gasteiger partial charge on any atom is 0.0550 e. The van der Waals surface area contributed by atoms with Gasteiger partial charge >= 0.3 is 0 Å². The highest BCUT2D eigenvalue weighted by atomic mass is 14.7. The maximum absolute atomic E-state index is 7.33. The van der Waals surface area contributed by atoms with Crippen molar-refractivity contribution in [2.45, 2.75) is 25.7 Å². The topological polar surface area (TPSA) is 49.1 Å². The summed E-state index contributed by atoms with van der Waals surface area (Å²) < 4.78 is 0. The Bertz CT molecular complexity index is 356. The molecule has 1 heterocycles. The van der Waals surface area contributed by atoms with Gasteiger partial charge in [0.15, 0.2) is 0 Å². The molecule has 0 radical (unpaired) electrons. The number of aromatic nitrogens is 1. The molecule has 1 N–H and O–H groups in total. The fourth-order valence-corrected chi connectivity index (χ4v) is 1.36. The van der Waals surface area contributed by atoms with Crippen molar-refractivity contribution in [1.82, 2.24) is 4.98 Å². The summed E-state index contributed by atoms with van der Waals surface area (Å²) in [6.07, 6.45) is 6.81. The summed E-state index contributed by atoms with van der Waals surface area (Å²) >= 11 is 0. The molecule has 1 aromatic rings. The van der Waals surface area contributed by atoms with Crippen LogP contribution in [0.2, 0.25) is 0 Å². The van der Waals surface area contributed by atoms with Crippen LogP contribution in [0.3, 0.4) is 0 Å². The molecule has 1 atom stereocenters. The average molecular weight is 203 g/mol. The van der Waals surface area contributed by atoms with E-state index in [1.54, 1.807) is 19.5 Å². The van der Waals surface area contributed by atoms with Crippen LogP contribution in [0.4, 0.5) is 0 Å². The summed E-state index contributed by atoms with van der Waals surface area (Å²) in [6.45, 7) is 4.27. The van der Waals surface area contributed by atoms with Crippen LogP contribution in [-0.2, 0) is 0 Å². The van der Waals surface area contributed by atoms with Gasteiger partial charge in [0.1, 0.15) is 0 Å². The van der Waals surface area contributed by atoms with Gasteiger partial charge in [-0.2, -0.15) is 0 Å². The molecular formula is C12H17N3. The fraction of sp³-hybridized carbons (Fsp3) is 0.417. The second-order valence-corrected chi connectivity index (χ2v) is 3.81. The third-order valence-corrected chi connectivity index (χ3v) is 2.32. The van der Waals surface area contributed by atoms with Crippen LogP contribution in [0.15, 0.2) is 23.5 Å². The lowest BCUT2D eigenvalue weighted by Crippen LogP contribution is -2.03. The molecule has 0 aliphatic heterocycles. The first-order valence-corrected chi connectivity index (χ1v) is 5.06. The predicted molar refractivity (Wildman–Crippen MR) is 64.3 cm³/mol. The van der Waals surface area contributed by atoms with Crippen molar-refractivity contribution in [3.63, 3.8) is 0 Å². The smallest absolute Gasteiger partial charge is 0.0550 e. The molecule has 0 amide bonds. The zero-order valence-electron chi connectivity index (χ0n) is 9.44. The number of hydrogen-bond acceptors (Lipinski definition) is 3. The van der Waals surface area contributed by atoms with Gasteiger partial charge in [0, 0.05) is 31.9 Å². The molecule has 1 unspecified atom stereocenters. The molecule has 15 heavy (non-hydrogen) atoms. The zero-order valence-corrected chi connectivity index (χ0v) is 9.44. The van der Waals surface area contributed by atoms with Crippen LogP contribution < -0.4 is 0 Å². The lowest BCUT2D eigenvalue weighted by Gasteiger charge is -2.09. The van der Waals surface area contributed by atoms with Crippen molar-refractivity contribution in [2.75, 3.05) is 7.05 Å². The minimum atomic E-state index is -0.0544. The van der Waals surface area contributed by atoms with Crippen molar-refractivity contribution in [1.29, 1.82) is 5.41 Å². The molecule has 0 spiro atoms. The Labute approximate surface area is 90.8 Å². The second-order valence-electron chi connectivity index (χ2n) is 3.81. The van der Waals surface area contributed by atoms with Crippen molar-refractivity contribution in [3.8, 4) is 0 Å². The number of rotatable bonds is 4. The Hall–Kier alpha value is -1.51. The molecule has 80 valence electrons. The molecule has 0 aliphatic rings. The highest BCUT2D eigenvalue weighted by molar-refractivity contribution is 5.88. The average Bonchev–Trinajstić information content (AvgIpc) is 2.26. The highest BCUT2D eigenvalue weighted by Crippen LogP contribution is 2.18. The molecule has 0 saturated carbocycles. The van der Waals surface area contributed by atoms with Crippen LogP contribution in [-0.4, -0.2) is 24.5 Å². The van der Waals surface area contributed by atoms with Gasteiger partial charge in [0.2, 0.25) is 0 Å². The van der Waals surface area contributed by atoms with Crippen molar-refractivity contribution >= 4 is 12.4 Å². The zero-order chi connectivity index (χ0) is 11.3. The Morgan fingerprint density at radius 3 is 2.53 bits per heavy atom. The van der Waals surface area contributed by atoms with Gasteiger partial charge in [0.25, 0.3) is 0 Å². The van der Waals surface area contributed by atoms with Crippen molar-refractivity contribution in [3.05, 3.63) is 29.6 Å². The minimum absolute atomic E-state index is 0.0544. The predicted octanol–water partition coefficient (Wildman–Crippen LogP) is 2.64. The molecule has 0 saturated heterocycles. The first kappa shape index (κ1) is 11.6. The van der Waals surface area contributed by atoms with Gasteiger partial charge in [0.05, 0.1) is 5.92 Å². The molecule has 1 rings (SSSR count). The van der Waals surface area contributed by atoms with E-state index in [2.05, 4.69) is 29.9 Å². The number of pyridine rings is 1. The van der Waals surface area contributed by atoms with Gasteiger partial charge in [-0.05, 0) is 17.0 Å². The highest BCUT2D eigenvalue weighted by Gasteiger charge is 2.07. The normalized spacial score (nSPS) is 13.3. The molecule has 0 aliphatic carbocycles. The minimum Gasteiger partial charge on any atom is -0.312 e. The Morgan fingerprint density at radius 1 is 1.33 bits per heavy atom. The lowest BCUT2D eigenvalue weighted by molar-refractivity contribution is 0.853.